The highest BCUT2D eigenvalue weighted by molar-refractivity contribution is 7.98. The summed E-state index contributed by atoms with van der Waals surface area (Å²) in [7, 11) is 1.32. The molecule has 1 aromatic rings. The number of aromatic hydroxyl groups is 1. The van der Waals surface area contributed by atoms with Crippen molar-refractivity contribution in [1.82, 2.24) is 5.32 Å². The SMILES string of the molecule is COc1cc(O)c2c(c1)C(=O)O[C@H](C(=O)O)CC(=O)N[C@H](C(=O)O)CSC2. The number of aliphatic carboxylic acids is 2. The summed E-state index contributed by atoms with van der Waals surface area (Å²) in [5.74, 6) is -4.95. The Bertz CT molecular complexity index is 779. The molecule has 27 heavy (non-hydrogen) atoms. The molecular formula is C16H17NO9S. The number of carbonyl (C=O) groups is 4. The number of ether oxygens (including phenoxy) is 2. The number of hydrogen-bond donors (Lipinski definition) is 4. The average molecular weight is 399 g/mol. The first kappa shape index (κ1) is 20.4. The molecule has 1 aromatic carbocycles. The van der Waals surface area contributed by atoms with Crippen LogP contribution in [0.25, 0.3) is 0 Å². The fourth-order valence-electron chi connectivity index (χ4n) is 2.33. The number of thioether (sulfide) groups is 1. The highest BCUT2D eigenvalue weighted by Crippen LogP contribution is 2.32. The highest BCUT2D eigenvalue weighted by atomic mass is 32.2. The number of carboxylic acid groups (broad SMARTS) is 2. The summed E-state index contributed by atoms with van der Waals surface area (Å²) in [5, 5.41) is 30.8. The number of amides is 1. The maximum absolute atomic E-state index is 12.4. The Hall–Kier alpha value is -2.95. The Morgan fingerprint density at radius 2 is 1.96 bits per heavy atom. The van der Waals surface area contributed by atoms with E-state index in [0.717, 1.165) is 11.8 Å². The normalized spacial score (nSPS) is 20.9. The lowest BCUT2D eigenvalue weighted by Crippen LogP contribution is -2.45. The predicted octanol–water partition coefficient (Wildman–Crippen LogP) is 0.217. The number of benzene rings is 1. The second kappa shape index (κ2) is 8.62. The van der Waals surface area contributed by atoms with Crippen molar-refractivity contribution >= 4 is 35.6 Å². The molecule has 146 valence electrons. The summed E-state index contributed by atoms with van der Waals surface area (Å²) in [4.78, 5) is 47.0. The van der Waals surface area contributed by atoms with Gasteiger partial charge < -0.3 is 30.1 Å². The summed E-state index contributed by atoms with van der Waals surface area (Å²) in [6.45, 7) is 0. The van der Waals surface area contributed by atoms with Crippen LogP contribution < -0.4 is 10.1 Å². The van der Waals surface area contributed by atoms with Crippen molar-refractivity contribution < 1.29 is 44.0 Å². The van der Waals surface area contributed by atoms with E-state index in [2.05, 4.69) is 5.32 Å². The highest BCUT2D eigenvalue weighted by Gasteiger charge is 2.31. The first-order valence-corrected chi connectivity index (χ1v) is 8.82. The lowest BCUT2D eigenvalue weighted by atomic mass is 10.1. The second-order valence-electron chi connectivity index (χ2n) is 5.58. The van der Waals surface area contributed by atoms with Gasteiger partial charge in [0.2, 0.25) is 12.0 Å². The van der Waals surface area contributed by atoms with Gasteiger partial charge in [-0.05, 0) is 6.07 Å². The van der Waals surface area contributed by atoms with Crippen molar-refractivity contribution in [3.05, 3.63) is 23.3 Å². The Morgan fingerprint density at radius 3 is 2.56 bits per heavy atom. The summed E-state index contributed by atoms with van der Waals surface area (Å²) >= 11 is 1.07. The monoisotopic (exact) mass is 399 g/mol. The van der Waals surface area contributed by atoms with Gasteiger partial charge in [-0.15, -0.1) is 0 Å². The average Bonchev–Trinajstić information content (AvgIpc) is 2.59. The van der Waals surface area contributed by atoms with Gasteiger partial charge in [-0.3, -0.25) is 4.79 Å². The number of carboxylic acids is 2. The second-order valence-corrected chi connectivity index (χ2v) is 6.61. The zero-order valence-electron chi connectivity index (χ0n) is 14.1. The van der Waals surface area contributed by atoms with Gasteiger partial charge in [0, 0.05) is 23.1 Å². The van der Waals surface area contributed by atoms with Crippen LogP contribution in [0.1, 0.15) is 22.3 Å². The topological polar surface area (TPSA) is 159 Å². The number of phenols is 1. The molecule has 1 aliphatic heterocycles. The molecule has 10 nitrogen and oxygen atoms in total. The first-order valence-electron chi connectivity index (χ1n) is 7.66. The molecule has 0 aromatic heterocycles. The molecule has 0 unspecified atom stereocenters. The van der Waals surface area contributed by atoms with Crippen molar-refractivity contribution in [1.29, 1.82) is 0 Å². The largest absolute Gasteiger partial charge is 0.507 e. The summed E-state index contributed by atoms with van der Waals surface area (Å²) in [5.41, 5.74) is 0.0180. The molecule has 0 aliphatic carbocycles. The van der Waals surface area contributed by atoms with E-state index in [4.69, 9.17) is 9.47 Å². The van der Waals surface area contributed by atoms with Crippen LogP contribution in [-0.2, 0) is 24.9 Å². The van der Waals surface area contributed by atoms with Crippen LogP contribution >= 0.6 is 11.8 Å². The van der Waals surface area contributed by atoms with Crippen LogP contribution in [0.2, 0.25) is 0 Å². The third-order valence-corrected chi connectivity index (χ3v) is 4.78. The number of carbonyl (C=O) groups excluding carboxylic acids is 2. The van der Waals surface area contributed by atoms with E-state index >= 15 is 0 Å². The van der Waals surface area contributed by atoms with Gasteiger partial charge in [0.25, 0.3) is 0 Å². The molecule has 2 atom stereocenters. The van der Waals surface area contributed by atoms with E-state index < -0.39 is 42.4 Å². The first-order chi connectivity index (χ1) is 12.7. The van der Waals surface area contributed by atoms with Crippen molar-refractivity contribution in [3.63, 3.8) is 0 Å². The molecular weight excluding hydrogens is 382 g/mol. The third kappa shape index (κ3) is 5.03. The quantitative estimate of drug-likeness (QED) is 0.518. The molecule has 2 rings (SSSR count). The molecule has 11 heteroatoms. The maximum Gasteiger partial charge on any atom is 0.345 e. The third-order valence-electron chi connectivity index (χ3n) is 3.72. The van der Waals surface area contributed by atoms with Crippen LogP contribution in [0, 0.1) is 0 Å². The van der Waals surface area contributed by atoms with Crippen molar-refractivity contribution in [2.24, 2.45) is 0 Å². The van der Waals surface area contributed by atoms with E-state index in [1.165, 1.54) is 19.2 Å². The predicted molar refractivity (Wildman–Crippen MR) is 91.8 cm³/mol. The number of rotatable bonds is 3. The summed E-state index contributed by atoms with van der Waals surface area (Å²) in [6.07, 6.45) is -2.57. The van der Waals surface area contributed by atoms with E-state index in [-0.39, 0.29) is 34.1 Å². The molecule has 0 saturated heterocycles. The molecule has 0 fully saturated rings. The molecule has 0 bridgehead atoms. The van der Waals surface area contributed by atoms with Gasteiger partial charge in [0.15, 0.2) is 0 Å². The Kier molecular flexibility index (Phi) is 6.50. The minimum atomic E-state index is -1.82. The van der Waals surface area contributed by atoms with Crippen molar-refractivity contribution in [2.45, 2.75) is 24.3 Å². The number of fused-ring (bicyclic) bond motifs is 1. The van der Waals surface area contributed by atoms with Gasteiger partial charge >= 0.3 is 17.9 Å². The number of cyclic esters (lactones) is 1. The van der Waals surface area contributed by atoms with E-state index in [0.29, 0.717) is 0 Å². The zero-order chi connectivity index (χ0) is 20.1. The van der Waals surface area contributed by atoms with Gasteiger partial charge in [-0.2, -0.15) is 11.8 Å². The lowest BCUT2D eigenvalue weighted by molar-refractivity contribution is -0.150. The minimum absolute atomic E-state index is 0.0254. The van der Waals surface area contributed by atoms with E-state index in [1.807, 2.05) is 0 Å². The van der Waals surface area contributed by atoms with Gasteiger partial charge in [-0.1, -0.05) is 0 Å². The van der Waals surface area contributed by atoms with Gasteiger partial charge in [0.1, 0.15) is 17.5 Å². The van der Waals surface area contributed by atoms with Crippen LogP contribution in [0.5, 0.6) is 11.5 Å². The molecule has 4 N–H and O–H groups in total. The Balaban J connectivity index is 2.46. The Labute approximate surface area is 157 Å². The molecule has 0 saturated carbocycles. The minimum Gasteiger partial charge on any atom is -0.507 e. The van der Waals surface area contributed by atoms with Crippen LogP contribution in [0.3, 0.4) is 0 Å². The standard InChI is InChI=1S/C16H17NO9S/c1-25-7-2-8-9(11(18)3-7)5-27-6-10(14(20)21)17-13(19)4-12(15(22)23)26-16(8)24/h2-3,10,12,18H,4-6H2,1H3,(H,17,19)(H,20,21)(H,22,23)/t10-,12-/m0/s1. The molecule has 1 amide bonds. The van der Waals surface area contributed by atoms with Crippen LogP contribution in [0.15, 0.2) is 12.1 Å². The Morgan fingerprint density at radius 1 is 1.26 bits per heavy atom. The van der Waals surface area contributed by atoms with E-state index in [9.17, 15) is 34.5 Å². The lowest BCUT2D eigenvalue weighted by Gasteiger charge is -2.20. The van der Waals surface area contributed by atoms with Crippen molar-refractivity contribution in [2.75, 3.05) is 12.9 Å². The molecule has 0 radical (unpaired) electrons. The molecule has 0 spiro atoms. The number of hydrogen-bond acceptors (Lipinski definition) is 8. The zero-order valence-corrected chi connectivity index (χ0v) is 14.9. The number of phenolic OH excluding ortho intramolecular Hbond substituents is 1. The number of nitrogens with one attached hydrogen (secondary N) is 1. The van der Waals surface area contributed by atoms with Crippen molar-refractivity contribution in [3.8, 4) is 11.5 Å². The summed E-state index contributed by atoms with van der Waals surface area (Å²) in [6, 6.07) is 1.28. The van der Waals surface area contributed by atoms with Gasteiger partial charge in [-0.25, -0.2) is 14.4 Å². The number of esters is 1. The fourth-order valence-corrected chi connectivity index (χ4v) is 3.42. The smallest absolute Gasteiger partial charge is 0.345 e. The van der Waals surface area contributed by atoms with Crippen LogP contribution in [-0.4, -0.2) is 64.1 Å². The number of methoxy groups -OCH3 is 1. The maximum atomic E-state index is 12.4. The van der Waals surface area contributed by atoms with Crippen LogP contribution in [0.4, 0.5) is 0 Å². The molecule has 1 aliphatic rings. The fraction of sp³-hybridized carbons (Fsp3) is 0.375. The molecule has 1 heterocycles. The van der Waals surface area contributed by atoms with Gasteiger partial charge in [0.05, 0.1) is 19.1 Å². The summed E-state index contributed by atoms with van der Waals surface area (Å²) < 4.78 is 9.90. The van der Waals surface area contributed by atoms with E-state index in [1.54, 1.807) is 0 Å².